The SMILES string of the molecule is Cn1cc(-c2ccc3c(c2)C(=O)CC2(CCNCC2)O3)cn1. The lowest BCUT2D eigenvalue weighted by atomic mass is 9.82. The van der Waals surface area contributed by atoms with Gasteiger partial charge >= 0.3 is 0 Å². The second-order valence-corrected chi connectivity index (χ2v) is 6.25. The molecule has 114 valence electrons. The third-order valence-corrected chi connectivity index (χ3v) is 4.64. The Balaban J connectivity index is 1.70. The summed E-state index contributed by atoms with van der Waals surface area (Å²) < 4.78 is 8.01. The van der Waals surface area contributed by atoms with Crippen molar-refractivity contribution >= 4 is 5.78 Å². The highest BCUT2D eigenvalue weighted by Crippen LogP contribution is 2.39. The molecule has 3 heterocycles. The molecule has 0 radical (unpaired) electrons. The number of aromatic nitrogens is 2. The van der Waals surface area contributed by atoms with Gasteiger partial charge in [-0.1, -0.05) is 6.07 Å². The average Bonchev–Trinajstić information content (AvgIpc) is 2.94. The number of piperidine rings is 1. The lowest BCUT2D eigenvalue weighted by molar-refractivity contribution is 0.0188. The highest BCUT2D eigenvalue weighted by molar-refractivity contribution is 6.01. The van der Waals surface area contributed by atoms with Gasteiger partial charge in [-0.2, -0.15) is 5.10 Å². The van der Waals surface area contributed by atoms with Gasteiger partial charge in [0.2, 0.25) is 0 Å². The highest BCUT2D eigenvalue weighted by Gasteiger charge is 2.41. The topological polar surface area (TPSA) is 56.2 Å². The summed E-state index contributed by atoms with van der Waals surface area (Å²) in [5.41, 5.74) is 2.42. The van der Waals surface area contributed by atoms with E-state index in [-0.39, 0.29) is 11.4 Å². The maximum Gasteiger partial charge on any atom is 0.170 e. The van der Waals surface area contributed by atoms with E-state index in [0.717, 1.165) is 42.8 Å². The minimum absolute atomic E-state index is 0.189. The van der Waals surface area contributed by atoms with E-state index in [1.54, 1.807) is 4.68 Å². The molecule has 5 nitrogen and oxygen atoms in total. The van der Waals surface area contributed by atoms with Crippen LogP contribution in [-0.4, -0.2) is 34.3 Å². The second kappa shape index (κ2) is 4.95. The van der Waals surface area contributed by atoms with Crippen molar-refractivity contribution in [1.82, 2.24) is 15.1 Å². The molecule has 0 atom stereocenters. The summed E-state index contributed by atoms with van der Waals surface area (Å²) in [6, 6.07) is 5.87. The number of hydrogen-bond donors (Lipinski definition) is 1. The molecule has 1 spiro atoms. The normalized spacial score (nSPS) is 19.8. The quantitative estimate of drug-likeness (QED) is 0.876. The van der Waals surface area contributed by atoms with Gasteiger partial charge in [-0.25, -0.2) is 0 Å². The first-order chi connectivity index (χ1) is 10.7. The summed E-state index contributed by atoms with van der Waals surface area (Å²) >= 11 is 0. The maximum absolute atomic E-state index is 12.6. The highest BCUT2D eigenvalue weighted by atomic mass is 16.5. The third kappa shape index (κ3) is 2.22. The second-order valence-electron chi connectivity index (χ2n) is 6.25. The minimum atomic E-state index is -0.300. The number of nitrogens with zero attached hydrogens (tertiary/aromatic N) is 2. The number of benzene rings is 1. The van der Waals surface area contributed by atoms with E-state index in [4.69, 9.17) is 4.74 Å². The van der Waals surface area contributed by atoms with Crippen molar-refractivity contribution < 1.29 is 9.53 Å². The molecule has 1 aromatic carbocycles. The number of carbonyl (C=O) groups is 1. The van der Waals surface area contributed by atoms with Crippen LogP contribution in [0.1, 0.15) is 29.6 Å². The standard InChI is InChI=1S/C17H19N3O2/c1-20-11-13(10-19-20)12-2-3-16-14(8-12)15(21)9-17(22-16)4-6-18-7-5-17/h2-3,8,10-11,18H,4-7,9H2,1H3. The Labute approximate surface area is 129 Å². The van der Waals surface area contributed by atoms with E-state index >= 15 is 0 Å². The Hall–Kier alpha value is -2.14. The predicted octanol–water partition coefficient (Wildman–Crippen LogP) is 2.17. The molecule has 5 heteroatoms. The van der Waals surface area contributed by atoms with Crippen LogP contribution in [0.5, 0.6) is 5.75 Å². The minimum Gasteiger partial charge on any atom is -0.486 e. The molecular weight excluding hydrogens is 278 g/mol. The summed E-state index contributed by atoms with van der Waals surface area (Å²) in [7, 11) is 1.89. The summed E-state index contributed by atoms with van der Waals surface area (Å²) in [5, 5.41) is 7.51. The molecule has 22 heavy (non-hydrogen) atoms. The fraction of sp³-hybridized carbons (Fsp3) is 0.412. The third-order valence-electron chi connectivity index (χ3n) is 4.64. The fourth-order valence-electron chi connectivity index (χ4n) is 3.41. The molecule has 0 bridgehead atoms. The molecule has 2 aliphatic heterocycles. The van der Waals surface area contributed by atoms with Crippen molar-refractivity contribution in [3.8, 4) is 16.9 Å². The van der Waals surface area contributed by atoms with Crippen LogP contribution in [0.15, 0.2) is 30.6 Å². The van der Waals surface area contributed by atoms with Crippen LogP contribution >= 0.6 is 0 Å². The van der Waals surface area contributed by atoms with Gasteiger partial charge in [0.05, 0.1) is 18.2 Å². The average molecular weight is 297 g/mol. The lowest BCUT2D eigenvalue weighted by Gasteiger charge is -2.40. The van der Waals surface area contributed by atoms with Gasteiger partial charge < -0.3 is 10.1 Å². The Kier molecular flexibility index (Phi) is 3.04. The van der Waals surface area contributed by atoms with Crippen LogP contribution in [0.2, 0.25) is 0 Å². The number of carbonyl (C=O) groups excluding carboxylic acids is 1. The molecule has 4 rings (SSSR count). The van der Waals surface area contributed by atoms with Crippen molar-refractivity contribution in [2.24, 2.45) is 7.05 Å². The lowest BCUT2D eigenvalue weighted by Crippen LogP contribution is -2.49. The molecule has 0 saturated carbocycles. The predicted molar refractivity (Wildman–Crippen MR) is 83.1 cm³/mol. The Morgan fingerprint density at radius 2 is 2.09 bits per heavy atom. The monoisotopic (exact) mass is 297 g/mol. The molecule has 1 N–H and O–H groups in total. The fourth-order valence-corrected chi connectivity index (χ4v) is 3.41. The van der Waals surface area contributed by atoms with Crippen LogP contribution in [0.25, 0.3) is 11.1 Å². The number of aryl methyl sites for hydroxylation is 1. The van der Waals surface area contributed by atoms with Crippen molar-refractivity contribution in [1.29, 1.82) is 0 Å². The zero-order chi connectivity index (χ0) is 15.2. The Morgan fingerprint density at radius 3 is 2.82 bits per heavy atom. The summed E-state index contributed by atoms with van der Waals surface area (Å²) in [5.74, 6) is 0.916. The number of fused-ring (bicyclic) bond motifs is 1. The molecule has 1 aromatic heterocycles. The first-order valence-corrected chi connectivity index (χ1v) is 7.71. The van der Waals surface area contributed by atoms with E-state index < -0.39 is 0 Å². The number of ketones is 1. The first-order valence-electron chi connectivity index (χ1n) is 7.71. The van der Waals surface area contributed by atoms with Gasteiger partial charge in [0.1, 0.15) is 11.4 Å². The van der Waals surface area contributed by atoms with Gasteiger partial charge in [0, 0.05) is 31.6 Å². The zero-order valence-electron chi connectivity index (χ0n) is 12.6. The van der Waals surface area contributed by atoms with Crippen LogP contribution < -0.4 is 10.1 Å². The molecule has 0 aliphatic carbocycles. The summed E-state index contributed by atoms with van der Waals surface area (Å²) in [6.45, 7) is 1.83. The number of ether oxygens (including phenoxy) is 1. The molecule has 1 fully saturated rings. The summed E-state index contributed by atoms with van der Waals surface area (Å²) in [6.07, 6.45) is 6.03. The van der Waals surface area contributed by atoms with Crippen LogP contribution in [0.4, 0.5) is 0 Å². The van der Waals surface area contributed by atoms with Gasteiger partial charge in [-0.05, 0) is 30.8 Å². The van der Waals surface area contributed by atoms with Crippen molar-refractivity contribution in [3.05, 3.63) is 36.2 Å². The van der Waals surface area contributed by atoms with E-state index in [0.29, 0.717) is 12.0 Å². The van der Waals surface area contributed by atoms with Crippen LogP contribution in [0.3, 0.4) is 0 Å². The van der Waals surface area contributed by atoms with Crippen molar-refractivity contribution in [2.75, 3.05) is 13.1 Å². The van der Waals surface area contributed by atoms with E-state index in [1.807, 2.05) is 37.6 Å². The Morgan fingerprint density at radius 1 is 1.27 bits per heavy atom. The van der Waals surface area contributed by atoms with Gasteiger partial charge in [0.25, 0.3) is 0 Å². The molecule has 0 amide bonds. The molecular formula is C17H19N3O2. The zero-order valence-corrected chi connectivity index (χ0v) is 12.6. The van der Waals surface area contributed by atoms with Crippen LogP contribution in [-0.2, 0) is 7.05 Å². The molecule has 2 aromatic rings. The van der Waals surface area contributed by atoms with E-state index in [9.17, 15) is 4.79 Å². The number of nitrogens with one attached hydrogen (secondary N) is 1. The smallest absolute Gasteiger partial charge is 0.170 e. The van der Waals surface area contributed by atoms with E-state index in [1.165, 1.54) is 0 Å². The van der Waals surface area contributed by atoms with Crippen molar-refractivity contribution in [2.45, 2.75) is 24.9 Å². The molecule has 1 saturated heterocycles. The van der Waals surface area contributed by atoms with Crippen molar-refractivity contribution in [3.63, 3.8) is 0 Å². The maximum atomic E-state index is 12.6. The summed E-state index contributed by atoms with van der Waals surface area (Å²) in [4.78, 5) is 12.6. The number of hydrogen-bond acceptors (Lipinski definition) is 4. The van der Waals surface area contributed by atoms with Crippen LogP contribution in [0, 0.1) is 0 Å². The number of rotatable bonds is 1. The largest absolute Gasteiger partial charge is 0.486 e. The first kappa shape index (κ1) is 13.5. The van der Waals surface area contributed by atoms with Gasteiger partial charge in [-0.3, -0.25) is 9.48 Å². The number of Topliss-reactive ketones (excluding diaryl/α,β-unsaturated/α-hetero) is 1. The van der Waals surface area contributed by atoms with Gasteiger partial charge in [-0.15, -0.1) is 0 Å². The van der Waals surface area contributed by atoms with E-state index in [2.05, 4.69) is 10.4 Å². The molecule has 0 unspecified atom stereocenters. The Bertz CT molecular complexity index is 729. The van der Waals surface area contributed by atoms with Gasteiger partial charge in [0.15, 0.2) is 5.78 Å². The molecule has 2 aliphatic rings.